The van der Waals surface area contributed by atoms with Crippen LogP contribution in [0.4, 0.5) is 5.69 Å². The molecule has 1 aliphatic rings. The highest BCUT2D eigenvalue weighted by Crippen LogP contribution is 2.35. The second kappa shape index (κ2) is 3.77. The number of ketones is 1. The van der Waals surface area contributed by atoms with Crippen LogP contribution in [0, 0.1) is 10.1 Å². The number of nitro groups is 1. The van der Waals surface area contributed by atoms with E-state index in [9.17, 15) is 20.0 Å². The lowest BCUT2D eigenvalue weighted by Crippen LogP contribution is -2.10. The number of aliphatic hydroxyl groups excluding tert-OH is 1. The quantitative estimate of drug-likeness (QED) is 0.610. The number of hydrogen-bond acceptors (Lipinski definition) is 4. The number of nitro benzene ring substituents is 1. The van der Waals surface area contributed by atoms with Crippen LogP contribution in [0.1, 0.15) is 17.9 Å². The molecule has 5 heteroatoms. The lowest BCUT2D eigenvalue weighted by molar-refractivity contribution is -0.385. The Labute approximate surface area is 91.2 Å². The molecule has 1 unspecified atom stereocenters. The molecule has 0 spiro atoms. The first kappa shape index (κ1) is 10.4. The Morgan fingerprint density at radius 2 is 2.06 bits per heavy atom. The van der Waals surface area contributed by atoms with E-state index in [4.69, 9.17) is 0 Å². The molecule has 1 aliphatic carbocycles. The van der Waals surface area contributed by atoms with Crippen LogP contribution in [0.3, 0.4) is 0 Å². The fourth-order valence-corrected chi connectivity index (χ4v) is 1.84. The molecule has 1 atom stereocenters. The molecule has 0 saturated heterocycles. The Kier molecular flexibility index (Phi) is 2.44. The summed E-state index contributed by atoms with van der Waals surface area (Å²) in [6.07, 6.45) is 1.52. The van der Waals surface area contributed by atoms with Gasteiger partial charge in [-0.1, -0.05) is 18.2 Å². The van der Waals surface area contributed by atoms with E-state index in [-0.39, 0.29) is 29.2 Å². The van der Waals surface area contributed by atoms with Crippen LogP contribution in [0.2, 0.25) is 0 Å². The zero-order chi connectivity index (χ0) is 11.7. The molecule has 0 aliphatic heterocycles. The van der Waals surface area contributed by atoms with Gasteiger partial charge < -0.3 is 5.11 Å². The minimum absolute atomic E-state index is 0.0979. The van der Waals surface area contributed by atoms with Gasteiger partial charge in [-0.15, -0.1) is 0 Å². The molecule has 1 N–H and O–H groups in total. The Hall–Kier alpha value is -2.17. The van der Waals surface area contributed by atoms with Crippen LogP contribution in [0.5, 0.6) is 0 Å². The SMILES string of the molecule is O=C1CC=C(O)C1c1ccccc1[N+](=O)[O-]. The highest BCUT2D eigenvalue weighted by molar-refractivity contribution is 5.93. The molecule has 16 heavy (non-hydrogen) atoms. The van der Waals surface area contributed by atoms with Gasteiger partial charge in [-0.25, -0.2) is 0 Å². The molecule has 0 radical (unpaired) electrons. The normalized spacial score (nSPS) is 19.6. The molecule has 0 heterocycles. The fraction of sp³-hybridized carbons (Fsp3) is 0.182. The highest BCUT2D eigenvalue weighted by Gasteiger charge is 2.33. The number of carbonyl (C=O) groups is 1. The maximum atomic E-state index is 11.5. The Morgan fingerprint density at radius 3 is 2.62 bits per heavy atom. The van der Waals surface area contributed by atoms with E-state index in [1.807, 2.05) is 0 Å². The van der Waals surface area contributed by atoms with E-state index in [0.29, 0.717) is 0 Å². The fourth-order valence-electron chi connectivity index (χ4n) is 1.84. The second-order valence-corrected chi connectivity index (χ2v) is 3.55. The summed E-state index contributed by atoms with van der Waals surface area (Å²) >= 11 is 0. The number of Topliss-reactive ketones (excluding diaryl/α,β-unsaturated/α-hetero) is 1. The number of hydrogen-bond donors (Lipinski definition) is 1. The molecular weight excluding hydrogens is 210 g/mol. The molecule has 0 fully saturated rings. The summed E-state index contributed by atoms with van der Waals surface area (Å²) in [5.41, 5.74) is 0.117. The molecule has 0 saturated carbocycles. The second-order valence-electron chi connectivity index (χ2n) is 3.55. The van der Waals surface area contributed by atoms with Crippen LogP contribution in [0.15, 0.2) is 36.1 Å². The van der Waals surface area contributed by atoms with Crippen LogP contribution in [0.25, 0.3) is 0 Å². The van der Waals surface area contributed by atoms with Crippen LogP contribution >= 0.6 is 0 Å². The minimum Gasteiger partial charge on any atom is -0.512 e. The van der Waals surface area contributed by atoms with Gasteiger partial charge in [0.2, 0.25) is 0 Å². The van der Waals surface area contributed by atoms with Crippen molar-refractivity contribution in [2.24, 2.45) is 0 Å². The van der Waals surface area contributed by atoms with Gasteiger partial charge in [0.1, 0.15) is 11.7 Å². The van der Waals surface area contributed by atoms with Crippen molar-refractivity contribution in [1.82, 2.24) is 0 Å². The summed E-state index contributed by atoms with van der Waals surface area (Å²) in [5.74, 6) is -1.19. The molecule has 0 amide bonds. The summed E-state index contributed by atoms with van der Waals surface area (Å²) in [5, 5.41) is 20.3. The topological polar surface area (TPSA) is 80.4 Å². The van der Waals surface area contributed by atoms with Gasteiger partial charge in [-0.2, -0.15) is 0 Å². The Bertz CT molecular complexity index is 493. The van der Waals surface area contributed by atoms with E-state index >= 15 is 0 Å². The van der Waals surface area contributed by atoms with Crippen LogP contribution in [-0.2, 0) is 4.79 Å². The first-order valence-electron chi connectivity index (χ1n) is 4.76. The van der Waals surface area contributed by atoms with Gasteiger partial charge in [0.15, 0.2) is 5.78 Å². The molecule has 5 nitrogen and oxygen atoms in total. The van der Waals surface area contributed by atoms with Gasteiger partial charge in [-0.3, -0.25) is 14.9 Å². The van der Waals surface area contributed by atoms with Gasteiger partial charge in [0.25, 0.3) is 5.69 Å². The molecule has 82 valence electrons. The van der Waals surface area contributed by atoms with Crippen LogP contribution < -0.4 is 0 Å². The minimum atomic E-state index is -0.874. The van der Waals surface area contributed by atoms with Gasteiger partial charge in [0.05, 0.1) is 4.92 Å². The van der Waals surface area contributed by atoms with Crippen molar-refractivity contribution in [2.45, 2.75) is 12.3 Å². The molecule has 2 rings (SSSR count). The van der Waals surface area contributed by atoms with Gasteiger partial charge >= 0.3 is 0 Å². The largest absolute Gasteiger partial charge is 0.512 e. The van der Waals surface area contributed by atoms with Gasteiger partial charge in [-0.05, 0) is 6.08 Å². The number of aliphatic hydroxyl groups is 1. The molecule has 1 aromatic carbocycles. The Morgan fingerprint density at radius 1 is 1.38 bits per heavy atom. The predicted molar refractivity (Wildman–Crippen MR) is 56.2 cm³/mol. The molecule has 1 aromatic rings. The summed E-state index contributed by atoms with van der Waals surface area (Å²) in [4.78, 5) is 21.8. The van der Waals surface area contributed by atoms with Crippen molar-refractivity contribution >= 4 is 11.5 Å². The third-order valence-electron chi connectivity index (χ3n) is 2.57. The third kappa shape index (κ3) is 1.56. The molecule has 0 bridgehead atoms. The summed E-state index contributed by atoms with van der Waals surface area (Å²) in [6, 6.07) is 5.97. The monoisotopic (exact) mass is 219 g/mol. The highest BCUT2D eigenvalue weighted by atomic mass is 16.6. The number of carbonyl (C=O) groups excluding carboxylic acids is 1. The van der Waals surface area contributed by atoms with Crippen molar-refractivity contribution in [3.8, 4) is 0 Å². The smallest absolute Gasteiger partial charge is 0.273 e. The van der Waals surface area contributed by atoms with Crippen LogP contribution in [-0.4, -0.2) is 15.8 Å². The number of rotatable bonds is 2. The third-order valence-corrected chi connectivity index (χ3v) is 2.57. The zero-order valence-corrected chi connectivity index (χ0v) is 8.29. The first-order valence-corrected chi connectivity index (χ1v) is 4.76. The number of nitrogens with zero attached hydrogens (tertiary/aromatic N) is 1. The first-order chi connectivity index (χ1) is 7.61. The maximum Gasteiger partial charge on any atom is 0.273 e. The zero-order valence-electron chi connectivity index (χ0n) is 8.29. The standard InChI is InChI=1S/C11H9NO4/c13-9-5-6-10(14)11(9)7-3-1-2-4-8(7)12(15)16/h1-5,11,13H,6H2. The predicted octanol–water partition coefficient (Wildman–Crippen LogP) is 2.09. The number of benzene rings is 1. The van der Waals surface area contributed by atoms with Crippen molar-refractivity contribution in [3.63, 3.8) is 0 Å². The number of para-hydroxylation sites is 1. The molecule has 0 aromatic heterocycles. The van der Waals surface area contributed by atoms with E-state index in [2.05, 4.69) is 0 Å². The summed E-state index contributed by atoms with van der Waals surface area (Å²) in [6.45, 7) is 0. The lowest BCUT2D eigenvalue weighted by atomic mass is 9.95. The van der Waals surface area contributed by atoms with Crippen molar-refractivity contribution in [2.75, 3.05) is 0 Å². The average molecular weight is 219 g/mol. The molecular formula is C11H9NO4. The van der Waals surface area contributed by atoms with E-state index < -0.39 is 10.8 Å². The van der Waals surface area contributed by atoms with Gasteiger partial charge in [0, 0.05) is 18.1 Å². The summed E-state index contributed by atoms with van der Waals surface area (Å²) < 4.78 is 0. The maximum absolute atomic E-state index is 11.5. The van der Waals surface area contributed by atoms with Crippen molar-refractivity contribution in [1.29, 1.82) is 0 Å². The summed E-state index contributed by atoms with van der Waals surface area (Å²) in [7, 11) is 0. The van der Waals surface area contributed by atoms with E-state index in [0.717, 1.165) is 0 Å². The van der Waals surface area contributed by atoms with E-state index in [1.165, 1.54) is 24.3 Å². The number of allylic oxidation sites excluding steroid dienone is 2. The lowest BCUT2D eigenvalue weighted by Gasteiger charge is -2.09. The van der Waals surface area contributed by atoms with Crippen molar-refractivity contribution < 1.29 is 14.8 Å². The Balaban J connectivity index is 2.52. The van der Waals surface area contributed by atoms with E-state index in [1.54, 1.807) is 6.07 Å². The van der Waals surface area contributed by atoms with Crippen molar-refractivity contribution in [3.05, 3.63) is 51.8 Å². The average Bonchev–Trinajstić information content (AvgIpc) is 2.58.